The molecule has 46 heavy (non-hydrogen) atoms. The normalized spacial score (nSPS) is 18.5. The number of piperazine rings is 1. The lowest BCUT2D eigenvalue weighted by molar-refractivity contribution is 0.00520. The van der Waals surface area contributed by atoms with Gasteiger partial charge in [-0.05, 0) is 39.5 Å². The molecule has 2 saturated heterocycles. The molecular weight excluding hydrogens is 634 g/mol. The van der Waals surface area contributed by atoms with Gasteiger partial charge in [0.15, 0.2) is 0 Å². The van der Waals surface area contributed by atoms with Gasteiger partial charge in [-0.1, -0.05) is 0 Å². The van der Waals surface area contributed by atoms with Gasteiger partial charge in [0.2, 0.25) is 12.9 Å². The minimum Gasteiger partial charge on any atom is -0.494 e. The Labute approximate surface area is 273 Å². The smallest absolute Gasteiger partial charge is 0.410 e. The lowest BCUT2D eigenvalue weighted by atomic mass is 9.94. The molecule has 0 spiro atoms. The van der Waals surface area contributed by atoms with Gasteiger partial charge < -0.3 is 40.4 Å². The largest absolute Gasteiger partial charge is 0.494 e. The molecule has 2 aliphatic rings. The number of pyridine rings is 2. The van der Waals surface area contributed by atoms with Crippen LogP contribution in [0.1, 0.15) is 46.5 Å². The van der Waals surface area contributed by atoms with Gasteiger partial charge in [-0.3, -0.25) is 0 Å². The summed E-state index contributed by atoms with van der Waals surface area (Å²) in [5, 5.41) is 0. The molecule has 2 atom stereocenters. The molecule has 2 aromatic heterocycles. The summed E-state index contributed by atoms with van der Waals surface area (Å²) >= 11 is 0. The van der Waals surface area contributed by atoms with Crippen molar-refractivity contribution in [2.24, 2.45) is 5.92 Å². The first-order valence-corrected chi connectivity index (χ1v) is 14.9. The number of nitrogens with zero attached hydrogens (tertiary/aromatic N) is 5. The maximum absolute atomic E-state index is 13.1. The zero-order valence-corrected chi connectivity index (χ0v) is 27.7. The number of nitrogens with two attached hydrogens (primary N) is 2. The number of hydrogen-bond donors (Lipinski definition) is 2. The van der Waals surface area contributed by atoms with Crippen LogP contribution >= 0.6 is 12.4 Å². The molecule has 2 unspecified atom stereocenters. The van der Waals surface area contributed by atoms with Crippen LogP contribution in [-0.2, 0) is 4.74 Å². The topological polar surface area (TPSA) is 132 Å². The van der Waals surface area contributed by atoms with E-state index < -0.39 is 37.0 Å². The van der Waals surface area contributed by atoms with Gasteiger partial charge in [0.1, 0.15) is 28.7 Å². The average Bonchev–Trinajstić information content (AvgIpc) is 2.96. The predicted molar refractivity (Wildman–Crippen MR) is 173 cm³/mol. The maximum Gasteiger partial charge on any atom is 0.410 e. The minimum absolute atomic E-state index is 0. The second-order valence-corrected chi connectivity index (χ2v) is 12.0. The fourth-order valence-electron chi connectivity index (χ4n) is 5.46. The Morgan fingerprint density at radius 2 is 1.41 bits per heavy atom. The summed E-state index contributed by atoms with van der Waals surface area (Å²) in [7, 11) is 3.07. The van der Waals surface area contributed by atoms with E-state index in [4.69, 9.17) is 25.7 Å². The Balaban J connectivity index is 0.000000328. The summed E-state index contributed by atoms with van der Waals surface area (Å²) in [5.41, 5.74) is 12.1. The number of methoxy groups -OCH3 is 2. The first-order valence-electron chi connectivity index (χ1n) is 14.9. The molecule has 0 bridgehead atoms. The van der Waals surface area contributed by atoms with Crippen molar-refractivity contribution in [1.29, 1.82) is 0 Å². The van der Waals surface area contributed by atoms with Crippen molar-refractivity contribution < 1.29 is 36.6 Å². The monoisotopic (exact) mass is 679 g/mol. The first-order chi connectivity index (χ1) is 21.2. The van der Waals surface area contributed by atoms with Gasteiger partial charge in [-0.15, -0.1) is 12.4 Å². The lowest BCUT2D eigenvalue weighted by Crippen LogP contribution is -2.56. The number of alkyl halides is 4. The SMILES string of the molecule is COc1cc(N)ncc1N1CCCC(CC(F)F)C1.COc1cc(N)ncc1N1CCN(C(=O)OC(C)(C)C)C(CC(F)F)C1.Cl. The van der Waals surface area contributed by atoms with Crippen molar-refractivity contribution in [3.05, 3.63) is 24.5 Å². The molecule has 0 aromatic carbocycles. The van der Waals surface area contributed by atoms with Crippen molar-refractivity contribution in [3.8, 4) is 11.5 Å². The molecular formula is C30H46ClF4N7O4. The maximum atomic E-state index is 13.1. The molecule has 4 heterocycles. The second kappa shape index (κ2) is 17.3. The highest BCUT2D eigenvalue weighted by atomic mass is 35.5. The summed E-state index contributed by atoms with van der Waals surface area (Å²) in [5.74, 6) is 1.88. The molecule has 11 nitrogen and oxygen atoms in total. The third-order valence-corrected chi connectivity index (χ3v) is 7.45. The molecule has 0 saturated carbocycles. The van der Waals surface area contributed by atoms with Crippen LogP contribution in [0.2, 0.25) is 0 Å². The number of anilines is 4. The van der Waals surface area contributed by atoms with Gasteiger partial charge >= 0.3 is 6.09 Å². The van der Waals surface area contributed by atoms with Crippen molar-refractivity contribution in [2.45, 2.75) is 70.9 Å². The summed E-state index contributed by atoms with van der Waals surface area (Å²) in [6, 6.07) is 2.56. The molecule has 2 fully saturated rings. The van der Waals surface area contributed by atoms with Crippen molar-refractivity contribution >= 4 is 41.5 Å². The van der Waals surface area contributed by atoms with E-state index in [-0.39, 0.29) is 37.8 Å². The summed E-state index contributed by atoms with van der Waals surface area (Å²) in [6.07, 6.45) is -0.855. The number of hydrogen-bond acceptors (Lipinski definition) is 10. The second-order valence-electron chi connectivity index (χ2n) is 12.0. The number of halogens is 5. The van der Waals surface area contributed by atoms with Crippen LogP contribution in [0.5, 0.6) is 11.5 Å². The molecule has 2 aliphatic heterocycles. The molecule has 4 rings (SSSR count). The third-order valence-electron chi connectivity index (χ3n) is 7.45. The lowest BCUT2D eigenvalue weighted by Gasteiger charge is -2.42. The van der Waals surface area contributed by atoms with Gasteiger partial charge in [0.25, 0.3) is 0 Å². The molecule has 16 heteroatoms. The number of rotatable bonds is 8. The van der Waals surface area contributed by atoms with Crippen LogP contribution in [0.3, 0.4) is 0 Å². The van der Waals surface area contributed by atoms with Crippen molar-refractivity contribution in [2.75, 3.05) is 68.2 Å². The van der Waals surface area contributed by atoms with Crippen molar-refractivity contribution in [1.82, 2.24) is 14.9 Å². The highest BCUT2D eigenvalue weighted by Gasteiger charge is 2.36. The van der Waals surface area contributed by atoms with Crippen LogP contribution in [-0.4, -0.2) is 92.4 Å². The molecule has 4 N–H and O–H groups in total. The Hall–Kier alpha value is -3.62. The van der Waals surface area contributed by atoms with E-state index in [2.05, 4.69) is 14.9 Å². The quantitative estimate of drug-likeness (QED) is 0.334. The van der Waals surface area contributed by atoms with Crippen LogP contribution in [0.15, 0.2) is 24.5 Å². The zero-order chi connectivity index (χ0) is 33.3. The molecule has 2 aromatic rings. The first kappa shape index (κ1) is 38.6. The van der Waals surface area contributed by atoms with Crippen molar-refractivity contribution in [3.63, 3.8) is 0 Å². The number of carbonyl (C=O) groups excluding carboxylic acids is 1. The Kier molecular flexibility index (Phi) is 14.5. The summed E-state index contributed by atoms with van der Waals surface area (Å²) in [4.78, 5) is 25.8. The number of amides is 1. The minimum atomic E-state index is -2.53. The van der Waals surface area contributed by atoms with E-state index in [1.165, 1.54) is 12.0 Å². The summed E-state index contributed by atoms with van der Waals surface area (Å²) < 4.78 is 67.1. The van der Waals surface area contributed by atoms with E-state index in [1.807, 2.05) is 4.90 Å². The van der Waals surface area contributed by atoms with Crippen LogP contribution in [0.25, 0.3) is 0 Å². The molecule has 1 amide bonds. The standard InChI is InChI=1S/C17H26F2N4O3.C13H19F2N3O.ClH/c1-17(2,3)26-16(24)23-6-5-22(10-11(23)7-14(18)19)12-9-21-15(20)8-13(12)25-4;1-19-11-6-13(16)17-7-10(11)18-4-2-3-9(8-18)5-12(14)15;/h8-9,11,14H,5-7,10H2,1-4H3,(H2,20,21);6-7,9,12H,2-5,8H2,1H3,(H2,16,17);1H. The van der Waals surface area contributed by atoms with E-state index in [0.29, 0.717) is 41.9 Å². The number of carbonyl (C=O) groups is 1. The van der Waals surface area contributed by atoms with E-state index in [0.717, 1.165) is 25.1 Å². The Morgan fingerprint density at radius 1 is 0.891 bits per heavy atom. The van der Waals surface area contributed by atoms with Gasteiger partial charge in [0.05, 0.1) is 44.0 Å². The van der Waals surface area contributed by atoms with Gasteiger partial charge in [-0.2, -0.15) is 0 Å². The Bertz CT molecular complexity index is 1260. The van der Waals surface area contributed by atoms with E-state index in [9.17, 15) is 22.4 Å². The van der Waals surface area contributed by atoms with Crippen LogP contribution < -0.4 is 30.7 Å². The number of nitrogen functional groups attached to an aromatic ring is 2. The number of piperidine rings is 1. The highest BCUT2D eigenvalue weighted by Crippen LogP contribution is 2.34. The van der Waals surface area contributed by atoms with Gasteiger partial charge in [-0.25, -0.2) is 32.3 Å². The Morgan fingerprint density at radius 3 is 1.89 bits per heavy atom. The number of aromatic nitrogens is 2. The fraction of sp³-hybridized carbons (Fsp3) is 0.633. The third kappa shape index (κ3) is 11.3. The summed E-state index contributed by atoms with van der Waals surface area (Å²) in [6.45, 7) is 7.62. The number of ether oxygens (including phenoxy) is 3. The fourth-order valence-corrected chi connectivity index (χ4v) is 5.46. The van der Waals surface area contributed by atoms with Crippen LogP contribution in [0, 0.1) is 5.92 Å². The van der Waals surface area contributed by atoms with Gasteiger partial charge in [0, 0.05) is 57.7 Å². The van der Waals surface area contributed by atoms with Crippen LogP contribution in [0.4, 0.5) is 45.4 Å². The molecule has 0 aliphatic carbocycles. The van der Waals surface area contributed by atoms with E-state index in [1.54, 1.807) is 52.4 Å². The molecule has 260 valence electrons. The van der Waals surface area contributed by atoms with E-state index >= 15 is 0 Å². The zero-order valence-electron chi connectivity index (χ0n) is 26.9. The highest BCUT2D eigenvalue weighted by molar-refractivity contribution is 5.85. The predicted octanol–water partition coefficient (Wildman–Crippen LogP) is 5.72. The molecule has 0 radical (unpaired) electrons. The average molecular weight is 680 g/mol.